The van der Waals surface area contributed by atoms with Crippen molar-refractivity contribution in [2.24, 2.45) is 0 Å². The van der Waals surface area contributed by atoms with Crippen molar-refractivity contribution in [2.75, 3.05) is 6.61 Å². The predicted molar refractivity (Wildman–Crippen MR) is 51.7 cm³/mol. The SMILES string of the molecule is CC1CC(NCc2ncn[nH]2)CCO1. The number of hydrogen-bond acceptors (Lipinski definition) is 4. The van der Waals surface area contributed by atoms with Crippen LogP contribution in [0, 0.1) is 0 Å². The molecule has 1 aliphatic rings. The van der Waals surface area contributed by atoms with Crippen molar-refractivity contribution in [2.45, 2.75) is 38.5 Å². The Morgan fingerprint density at radius 1 is 1.71 bits per heavy atom. The van der Waals surface area contributed by atoms with Crippen LogP contribution in [0.4, 0.5) is 0 Å². The largest absolute Gasteiger partial charge is 0.378 e. The maximum atomic E-state index is 5.47. The van der Waals surface area contributed by atoms with E-state index in [2.05, 4.69) is 27.4 Å². The van der Waals surface area contributed by atoms with Crippen LogP contribution in [0.25, 0.3) is 0 Å². The molecule has 0 radical (unpaired) electrons. The quantitative estimate of drug-likeness (QED) is 0.737. The van der Waals surface area contributed by atoms with E-state index in [1.807, 2.05) is 0 Å². The first-order valence-electron chi connectivity index (χ1n) is 5.04. The van der Waals surface area contributed by atoms with Gasteiger partial charge in [-0.1, -0.05) is 0 Å². The topological polar surface area (TPSA) is 62.8 Å². The minimum Gasteiger partial charge on any atom is -0.378 e. The molecular formula is C9H16N4O. The number of hydrogen-bond donors (Lipinski definition) is 2. The predicted octanol–water partition coefficient (Wildman–Crippen LogP) is 0.462. The van der Waals surface area contributed by atoms with Crippen molar-refractivity contribution in [3.63, 3.8) is 0 Å². The Labute approximate surface area is 83.3 Å². The Balaban J connectivity index is 1.75. The fraction of sp³-hybridized carbons (Fsp3) is 0.778. The minimum atomic E-state index is 0.371. The van der Waals surface area contributed by atoms with Crippen molar-refractivity contribution < 1.29 is 4.74 Å². The highest BCUT2D eigenvalue weighted by molar-refractivity contribution is 4.82. The van der Waals surface area contributed by atoms with E-state index < -0.39 is 0 Å². The fourth-order valence-corrected chi connectivity index (χ4v) is 1.74. The van der Waals surface area contributed by atoms with Crippen LogP contribution in [0.5, 0.6) is 0 Å². The minimum absolute atomic E-state index is 0.371. The number of aromatic nitrogens is 3. The van der Waals surface area contributed by atoms with Crippen molar-refractivity contribution in [1.29, 1.82) is 0 Å². The van der Waals surface area contributed by atoms with Gasteiger partial charge in [0.25, 0.3) is 0 Å². The Bertz CT molecular complexity index is 262. The van der Waals surface area contributed by atoms with Crippen LogP contribution in [0.1, 0.15) is 25.6 Å². The van der Waals surface area contributed by atoms with Crippen molar-refractivity contribution >= 4 is 0 Å². The molecule has 1 fully saturated rings. The zero-order valence-electron chi connectivity index (χ0n) is 8.36. The lowest BCUT2D eigenvalue weighted by Gasteiger charge is -2.27. The zero-order valence-corrected chi connectivity index (χ0v) is 8.36. The highest BCUT2D eigenvalue weighted by atomic mass is 16.5. The van der Waals surface area contributed by atoms with E-state index in [-0.39, 0.29) is 0 Å². The van der Waals surface area contributed by atoms with E-state index in [9.17, 15) is 0 Å². The number of aromatic amines is 1. The summed E-state index contributed by atoms with van der Waals surface area (Å²) in [5, 5.41) is 10.1. The second-order valence-electron chi connectivity index (χ2n) is 3.72. The molecule has 0 saturated carbocycles. The molecule has 1 aromatic rings. The van der Waals surface area contributed by atoms with E-state index >= 15 is 0 Å². The molecule has 2 atom stereocenters. The zero-order chi connectivity index (χ0) is 9.80. The molecule has 0 amide bonds. The number of nitrogens with zero attached hydrogens (tertiary/aromatic N) is 2. The molecule has 1 aliphatic heterocycles. The third-order valence-electron chi connectivity index (χ3n) is 2.51. The molecule has 0 aliphatic carbocycles. The first kappa shape index (κ1) is 9.61. The molecule has 0 aromatic carbocycles. The summed E-state index contributed by atoms with van der Waals surface area (Å²) in [7, 11) is 0. The summed E-state index contributed by atoms with van der Waals surface area (Å²) in [4.78, 5) is 4.06. The molecule has 5 nitrogen and oxygen atoms in total. The molecule has 2 rings (SSSR count). The maximum Gasteiger partial charge on any atom is 0.138 e. The summed E-state index contributed by atoms with van der Waals surface area (Å²) < 4.78 is 5.47. The van der Waals surface area contributed by atoms with Gasteiger partial charge in [0.05, 0.1) is 12.6 Å². The van der Waals surface area contributed by atoms with E-state index in [1.165, 1.54) is 6.33 Å². The standard InChI is InChI=1S/C9H16N4O/c1-7-4-8(2-3-14-7)10-5-9-11-6-12-13-9/h6-8,10H,2-5H2,1H3,(H,11,12,13). The highest BCUT2D eigenvalue weighted by Gasteiger charge is 2.18. The lowest BCUT2D eigenvalue weighted by Crippen LogP contribution is -2.37. The lowest BCUT2D eigenvalue weighted by atomic mass is 10.0. The summed E-state index contributed by atoms with van der Waals surface area (Å²) in [5.74, 6) is 0.893. The second-order valence-corrected chi connectivity index (χ2v) is 3.72. The Hall–Kier alpha value is -0.940. The van der Waals surface area contributed by atoms with Crippen LogP contribution >= 0.6 is 0 Å². The number of nitrogens with one attached hydrogen (secondary N) is 2. The van der Waals surface area contributed by atoms with Crippen LogP contribution in [0.2, 0.25) is 0 Å². The van der Waals surface area contributed by atoms with Crippen LogP contribution in [0.15, 0.2) is 6.33 Å². The first-order chi connectivity index (χ1) is 6.84. The van der Waals surface area contributed by atoms with Crippen molar-refractivity contribution in [3.8, 4) is 0 Å². The summed E-state index contributed by atoms with van der Waals surface area (Å²) in [6.45, 7) is 3.73. The normalized spacial score (nSPS) is 27.8. The van der Waals surface area contributed by atoms with Crippen LogP contribution in [-0.4, -0.2) is 33.9 Å². The summed E-state index contributed by atoms with van der Waals surface area (Å²) in [5.41, 5.74) is 0. The highest BCUT2D eigenvalue weighted by Crippen LogP contribution is 2.13. The van der Waals surface area contributed by atoms with E-state index in [0.29, 0.717) is 12.1 Å². The maximum absolute atomic E-state index is 5.47. The van der Waals surface area contributed by atoms with Gasteiger partial charge in [-0.2, -0.15) is 5.10 Å². The van der Waals surface area contributed by atoms with Crippen molar-refractivity contribution in [3.05, 3.63) is 12.2 Å². The van der Waals surface area contributed by atoms with Crippen LogP contribution < -0.4 is 5.32 Å². The molecule has 1 aromatic heterocycles. The van der Waals surface area contributed by atoms with Gasteiger partial charge in [0.1, 0.15) is 12.2 Å². The van der Waals surface area contributed by atoms with Gasteiger partial charge in [-0.15, -0.1) is 0 Å². The third kappa shape index (κ3) is 2.52. The molecule has 1 saturated heterocycles. The van der Waals surface area contributed by atoms with Gasteiger partial charge in [-0.25, -0.2) is 4.98 Å². The van der Waals surface area contributed by atoms with E-state index in [0.717, 1.165) is 31.8 Å². The average molecular weight is 196 g/mol. The first-order valence-corrected chi connectivity index (χ1v) is 5.04. The summed E-state index contributed by atoms with van der Waals surface area (Å²) >= 11 is 0. The van der Waals surface area contributed by atoms with Gasteiger partial charge in [0.2, 0.25) is 0 Å². The second kappa shape index (κ2) is 4.52. The fourth-order valence-electron chi connectivity index (χ4n) is 1.74. The summed E-state index contributed by atoms with van der Waals surface area (Å²) in [6, 6.07) is 0.545. The summed E-state index contributed by atoms with van der Waals surface area (Å²) in [6.07, 6.45) is 4.06. The number of rotatable bonds is 3. The third-order valence-corrected chi connectivity index (χ3v) is 2.51. The molecule has 78 valence electrons. The Morgan fingerprint density at radius 2 is 2.64 bits per heavy atom. The smallest absolute Gasteiger partial charge is 0.138 e. The van der Waals surface area contributed by atoms with E-state index in [1.54, 1.807) is 0 Å². The molecule has 2 N–H and O–H groups in total. The van der Waals surface area contributed by atoms with Gasteiger partial charge in [0, 0.05) is 12.6 Å². The number of H-pyrrole nitrogens is 1. The molecule has 0 bridgehead atoms. The molecule has 2 unspecified atom stereocenters. The average Bonchev–Trinajstić information content (AvgIpc) is 2.67. The van der Waals surface area contributed by atoms with Crippen molar-refractivity contribution in [1.82, 2.24) is 20.5 Å². The van der Waals surface area contributed by atoms with E-state index in [4.69, 9.17) is 4.74 Å². The molecule has 5 heteroatoms. The van der Waals surface area contributed by atoms with Crippen LogP contribution in [-0.2, 0) is 11.3 Å². The van der Waals surface area contributed by atoms with Gasteiger partial charge in [0.15, 0.2) is 0 Å². The van der Waals surface area contributed by atoms with Gasteiger partial charge in [-0.05, 0) is 19.8 Å². The molecular weight excluding hydrogens is 180 g/mol. The number of ether oxygens (including phenoxy) is 1. The Kier molecular flexibility index (Phi) is 3.10. The Morgan fingerprint density at radius 3 is 3.36 bits per heavy atom. The van der Waals surface area contributed by atoms with Gasteiger partial charge in [-0.3, -0.25) is 5.10 Å². The van der Waals surface area contributed by atoms with Gasteiger partial charge < -0.3 is 10.1 Å². The monoisotopic (exact) mass is 196 g/mol. The molecule has 14 heavy (non-hydrogen) atoms. The molecule has 0 spiro atoms. The van der Waals surface area contributed by atoms with Gasteiger partial charge >= 0.3 is 0 Å². The lowest BCUT2D eigenvalue weighted by molar-refractivity contribution is 0.0129. The molecule has 2 heterocycles. The van der Waals surface area contributed by atoms with Crippen LogP contribution in [0.3, 0.4) is 0 Å².